The third-order valence-electron chi connectivity index (χ3n) is 5.08. The molecule has 2 heterocycles. The van der Waals surface area contributed by atoms with Gasteiger partial charge in [0.25, 0.3) is 0 Å². The average Bonchev–Trinajstić information content (AvgIpc) is 3.38. The topological polar surface area (TPSA) is 53.5 Å². The van der Waals surface area contributed by atoms with Crippen molar-refractivity contribution in [3.63, 3.8) is 0 Å². The van der Waals surface area contributed by atoms with E-state index in [1.165, 1.54) is 12.8 Å². The van der Waals surface area contributed by atoms with Crippen molar-refractivity contribution in [2.75, 3.05) is 19.6 Å². The summed E-state index contributed by atoms with van der Waals surface area (Å²) in [7, 11) is 0. The van der Waals surface area contributed by atoms with Crippen LogP contribution in [0.1, 0.15) is 38.7 Å². The van der Waals surface area contributed by atoms with E-state index in [2.05, 4.69) is 23.7 Å². The van der Waals surface area contributed by atoms with Crippen LogP contribution in [0.25, 0.3) is 0 Å². The Kier molecular flexibility index (Phi) is 5.17. The fourth-order valence-corrected chi connectivity index (χ4v) is 3.38. The molecule has 0 aromatic carbocycles. The van der Waals surface area contributed by atoms with Crippen LogP contribution in [0.3, 0.4) is 0 Å². The van der Waals surface area contributed by atoms with E-state index in [1.807, 2.05) is 17.0 Å². The summed E-state index contributed by atoms with van der Waals surface area (Å²) in [5.41, 5.74) is 0.925. The van der Waals surface area contributed by atoms with Crippen LogP contribution in [-0.2, 0) is 16.0 Å². The second kappa shape index (κ2) is 7.32. The van der Waals surface area contributed by atoms with Gasteiger partial charge in [-0.3, -0.25) is 14.6 Å². The molecule has 1 saturated heterocycles. The van der Waals surface area contributed by atoms with E-state index in [-0.39, 0.29) is 17.9 Å². The summed E-state index contributed by atoms with van der Waals surface area (Å²) in [6, 6.07) is 3.90. The van der Waals surface area contributed by atoms with E-state index in [0.29, 0.717) is 37.8 Å². The maximum Gasteiger partial charge on any atom is 0.227 e. The normalized spacial score (nSPS) is 22.0. The summed E-state index contributed by atoms with van der Waals surface area (Å²) in [6.45, 7) is 6.34. The Morgan fingerprint density at radius 3 is 2.79 bits per heavy atom. The molecule has 2 amide bonds. The van der Waals surface area contributed by atoms with Crippen LogP contribution < -0.4 is 0 Å². The number of amides is 2. The van der Waals surface area contributed by atoms with Crippen LogP contribution in [0.2, 0.25) is 0 Å². The van der Waals surface area contributed by atoms with Crippen LogP contribution in [-0.4, -0.2) is 52.3 Å². The van der Waals surface area contributed by atoms with Gasteiger partial charge in [-0.1, -0.05) is 19.9 Å². The molecule has 5 nitrogen and oxygen atoms in total. The molecular formula is C19H27N3O2. The van der Waals surface area contributed by atoms with Crippen LogP contribution >= 0.6 is 0 Å². The number of aromatic nitrogens is 1. The van der Waals surface area contributed by atoms with Crippen molar-refractivity contribution in [2.45, 2.75) is 45.6 Å². The lowest BCUT2D eigenvalue weighted by molar-refractivity contribution is -0.134. The molecule has 0 radical (unpaired) electrons. The van der Waals surface area contributed by atoms with Gasteiger partial charge in [-0.2, -0.15) is 0 Å². The van der Waals surface area contributed by atoms with Crippen LogP contribution in [0.15, 0.2) is 24.5 Å². The molecule has 130 valence electrons. The third-order valence-corrected chi connectivity index (χ3v) is 5.08. The van der Waals surface area contributed by atoms with Gasteiger partial charge in [0.1, 0.15) is 0 Å². The van der Waals surface area contributed by atoms with Gasteiger partial charge in [-0.25, -0.2) is 0 Å². The lowest BCUT2D eigenvalue weighted by Crippen LogP contribution is -2.48. The Balaban J connectivity index is 1.70. The molecule has 3 rings (SSSR count). The molecule has 1 aliphatic carbocycles. The van der Waals surface area contributed by atoms with Crippen molar-refractivity contribution >= 4 is 11.8 Å². The maximum absolute atomic E-state index is 12.7. The minimum Gasteiger partial charge on any atom is -0.340 e. The third kappa shape index (κ3) is 4.13. The van der Waals surface area contributed by atoms with Crippen molar-refractivity contribution in [3.05, 3.63) is 30.1 Å². The lowest BCUT2D eigenvalue weighted by Gasteiger charge is -2.34. The Hall–Kier alpha value is -1.91. The maximum atomic E-state index is 12.7. The number of carbonyl (C=O) groups excluding carboxylic acids is 2. The monoisotopic (exact) mass is 329 g/mol. The van der Waals surface area contributed by atoms with Crippen molar-refractivity contribution in [2.24, 2.45) is 11.8 Å². The molecule has 5 heteroatoms. The molecule has 1 aromatic heterocycles. The molecule has 0 spiro atoms. The Morgan fingerprint density at radius 1 is 1.38 bits per heavy atom. The molecule has 2 aliphatic rings. The van der Waals surface area contributed by atoms with Crippen LogP contribution in [0, 0.1) is 11.8 Å². The highest BCUT2D eigenvalue weighted by molar-refractivity contribution is 5.82. The minimum atomic E-state index is 0.0923. The summed E-state index contributed by atoms with van der Waals surface area (Å²) in [4.78, 5) is 33.3. The molecule has 1 aliphatic heterocycles. The second-order valence-electron chi connectivity index (χ2n) is 7.43. The Labute approximate surface area is 144 Å². The zero-order chi connectivity index (χ0) is 17.1. The van der Waals surface area contributed by atoms with E-state index < -0.39 is 0 Å². The zero-order valence-electron chi connectivity index (χ0n) is 14.6. The van der Waals surface area contributed by atoms with Gasteiger partial charge >= 0.3 is 0 Å². The van der Waals surface area contributed by atoms with Gasteiger partial charge in [0.2, 0.25) is 11.8 Å². The number of nitrogens with zero attached hydrogens (tertiary/aromatic N) is 3. The van der Waals surface area contributed by atoms with Gasteiger partial charge < -0.3 is 9.80 Å². The molecule has 0 bridgehead atoms. The summed E-state index contributed by atoms with van der Waals surface area (Å²) in [5, 5.41) is 0. The molecule has 1 aromatic rings. The standard InChI is InChI=1S/C19H27N3O2/c1-14(2)17-13-21(19(24)10-16-4-3-8-20-11-16)9-7-18(23)22(17)12-15-5-6-15/h3-4,8,11,14-15,17H,5-7,9-10,12-13H2,1-2H3/t17-/m1/s1. The Morgan fingerprint density at radius 2 is 2.17 bits per heavy atom. The molecule has 1 atom stereocenters. The molecule has 1 saturated carbocycles. The van der Waals surface area contributed by atoms with E-state index in [9.17, 15) is 9.59 Å². The summed E-state index contributed by atoms with van der Waals surface area (Å²) in [6.07, 6.45) is 6.71. The number of carbonyl (C=O) groups is 2. The largest absolute Gasteiger partial charge is 0.340 e. The number of rotatable bonds is 5. The fraction of sp³-hybridized carbons (Fsp3) is 0.632. The number of pyridine rings is 1. The lowest BCUT2D eigenvalue weighted by atomic mass is 10.0. The van der Waals surface area contributed by atoms with E-state index in [0.717, 1.165) is 12.1 Å². The predicted octanol–water partition coefficient (Wildman–Crippen LogP) is 2.12. The van der Waals surface area contributed by atoms with Crippen LogP contribution in [0.5, 0.6) is 0 Å². The first kappa shape index (κ1) is 16.9. The van der Waals surface area contributed by atoms with Crippen molar-refractivity contribution in [3.8, 4) is 0 Å². The first-order valence-electron chi connectivity index (χ1n) is 9.00. The Bertz CT molecular complexity index is 584. The quantitative estimate of drug-likeness (QED) is 0.831. The molecule has 24 heavy (non-hydrogen) atoms. The molecular weight excluding hydrogens is 302 g/mol. The first-order valence-corrected chi connectivity index (χ1v) is 9.00. The minimum absolute atomic E-state index is 0.0923. The van der Waals surface area contributed by atoms with Crippen molar-refractivity contribution in [1.29, 1.82) is 0 Å². The van der Waals surface area contributed by atoms with E-state index in [1.54, 1.807) is 12.4 Å². The van der Waals surface area contributed by atoms with E-state index >= 15 is 0 Å². The number of hydrogen-bond acceptors (Lipinski definition) is 3. The first-order chi connectivity index (χ1) is 11.5. The highest BCUT2D eigenvalue weighted by Crippen LogP contribution is 2.32. The molecule has 2 fully saturated rings. The smallest absolute Gasteiger partial charge is 0.227 e. The van der Waals surface area contributed by atoms with E-state index in [4.69, 9.17) is 0 Å². The second-order valence-corrected chi connectivity index (χ2v) is 7.43. The molecule has 0 unspecified atom stereocenters. The van der Waals surface area contributed by atoms with Gasteiger partial charge in [0.05, 0.1) is 12.5 Å². The summed E-state index contributed by atoms with van der Waals surface area (Å²) >= 11 is 0. The highest BCUT2D eigenvalue weighted by Gasteiger charge is 2.36. The van der Waals surface area contributed by atoms with Gasteiger partial charge in [-0.05, 0) is 36.3 Å². The van der Waals surface area contributed by atoms with Gasteiger partial charge in [-0.15, -0.1) is 0 Å². The molecule has 0 N–H and O–H groups in total. The van der Waals surface area contributed by atoms with Crippen molar-refractivity contribution in [1.82, 2.24) is 14.8 Å². The van der Waals surface area contributed by atoms with Crippen molar-refractivity contribution < 1.29 is 9.59 Å². The van der Waals surface area contributed by atoms with Gasteiger partial charge in [0.15, 0.2) is 0 Å². The zero-order valence-corrected chi connectivity index (χ0v) is 14.6. The van der Waals surface area contributed by atoms with Gasteiger partial charge in [0, 0.05) is 38.4 Å². The predicted molar refractivity (Wildman–Crippen MR) is 92.2 cm³/mol. The highest BCUT2D eigenvalue weighted by atomic mass is 16.2. The SMILES string of the molecule is CC(C)[C@H]1CN(C(=O)Cc2cccnc2)CCC(=O)N1CC1CC1. The number of hydrogen-bond donors (Lipinski definition) is 0. The fourth-order valence-electron chi connectivity index (χ4n) is 3.38. The summed E-state index contributed by atoms with van der Waals surface area (Å²) in [5.74, 6) is 1.32. The summed E-state index contributed by atoms with van der Waals surface area (Å²) < 4.78 is 0. The average molecular weight is 329 g/mol. The van der Waals surface area contributed by atoms with Crippen LogP contribution in [0.4, 0.5) is 0 Å².